The molecule has 6 rings (SSSR count). The van der Waals surface area contributed by atoms with Gasteiger partial charge in [-0.2, -0.15) is 0 Å². The normalized spacial score (nSPS) is 15.4. The Morgan fingerprint density at radius 2 is 1.39 bits per heavy atom. The van der Waals surface area contributed by atoms with Crippen molar-refractivity contribution in [1.29, 1.82) is 0 Å². The van der Waals surface area contributed by atoms with Crippen LogP contribution >= 0.6 is 0 Å². The summed E-state index contributed by atoms with van der Waals surface area (Å²) in [4.78, 5) is 27.6. The Hall–Kier alpha value is -4.64. The number of hydrogen-bond donors (Lipinski definition) is 1. The molecule has 1 saturated heterocycles. The molecule has 1 aliphatic heterocycles. The van der Waals surface area contributed by atoms with Crippen LogP contribution in [0.4, 0.5) is 11.4 Å². The number of fused-ring (bicyclic) bond motifs is 2. The number of rotatable bonds is 5. The van der Waals surface area contributed by atoms with Crippen LogP contribution in [0.15, 0.2) is 109 Å². The third-order valence-corrected chi connectivity index (χ3v) is 6.65. The predicted octanol–water partition coefficient (Wildman–Crippen LogP) is 6.78. The molecule has 1 atom stereocenters. The van der Waals surface area contributed by atoms with Gasteiger partial charge in [0.2, 0.25) is 11.8 Å². The molecule has 1 N–H and O–H groups in total. The Bertz CT molecular complexity index is 1580. The number of nitrogens with one attached hydrogen (secondary N) is 1. The number of carbonyl (C=O) groups is 2. The van der Waals surface area contributed by atoms with Gasteiger partial charge in [-0.25, -0.2) is 0 Å². The summed E-state index contributed by atoms with van der Waals surface area (Å²) in [6.45, 7) is 0.362. The van der Waals surface area contributed by atoms with Crippen LogP contribution in [0.25, 0.3) is 21.5 Å². The molecular weight excluding hydrogens is 448 g/mol. The van der Waals surface area contributed by atoms with Crippen LogP contribution in [0.5, 0.6) is 11.5 Å². The summed E-state index contributed by atoms with van der Waals surface area (Å²) in [6, 6.07) is 35.2. The molecular formula is C31H24N2O3. The lowest BCUT2D eigenvalue weighted by Crippen LogP contribution is -2.28. The minimum atomic E-state index is -0.414. The van der Waals surface area contributed by atoms with E-state index in [1.807, 2.05) is 97.1 Å². The maximum absolute atomic E-state index is 13.0. The van der Waals surface area contributed by atoms with Crippen LogP contribution in [0.1, 0.15) is 6.42 Å². The van der Waals surface area contributed by atoms with Crippen LogP contribution < -0.4 is 15.0 Å². The average Bonchev–Trinajstić information content (AvgIpc) is 3.31. The second-order valence-electron chi connectivity index (χ2n) is 9.00. The Morgan fingerprint density at radius 1 is 0.750 bits per heavy atom. The summed E-state index contributed by atoms with van der Waals surface area (Å²) < 4.78 is 6.10. The minimum absolute atomic E-state index is 0.0367. The Balaban J connectivity index is 1.14. The molecule has 0 unspecified atom stereocenters. The molecule has 0 saturated carbocycles. The van der Waals surface area contributed by atoms with Crippen molar-refractivity contribution in [1.82, 2.24) is 0 Å². The van der Waals surface area contributed by atoms with Crippen molar-refractivity contribution in [2.45, 2.75) is 6.42 Å². The lowest BCUT2D eigenvalue weighted by Gasteiger charge is -2.19. The van der Waals surface area contributed by atoms with E-state index < -0.39 is 5.92 Å². The van der Waals surface area contributed by atoms with Crippen molar-refractivity contribution < 1.29 is 14.3 Å². The molecule has 5 aromatic carbocycles. The molecule has 0 aliphatic carbocycles. The van der Waals surface area contributed by atoms with Crippen molar-refractivity contribution in [3.8, 4) is 11.5 Å². The zero-order valence-electron chi connectivity index (χ0n) is 19.6. The number of ether oxygens (including phenoxy) is 1. The SMILES string of the molecule is O=C(Nc1ccc(Oc2cccc3ccccc23)cc1)[C@@H]1CC(=O)N(c2cccc3ccccc23)C1. The largest absolute Gasteiger partial charge is 0.457 e. The zero-order chi connectivity index (χ0) is 24.5. The van der Waals surface area contributed by atoms with Crippen LogP contribution in [0.2, 0.25) is 0 Å². The van der Waals surface area contributed by atoms with Gasteiger partial charge < -0.3 is 15.0 Å². The van der Waals surface area contributed by atoms with Crippen molar-refractivity contribution >= 4 is 44.7 Å². The molecule has 176 valence electrons. The topological polar surface area (TPSA) is 58.6 Å². The van der Waals surface area contributed by atoms with E-state index in [0.29, 0.717) is 18.0 Å². The van der Waals surface area contributed by atoms with Gasteiger partial charge in [0.15, 0.2) is 0 Å². The first-order valence-electron chi connectivity index (χ1n) is 12.0. The summed E-state index contributed by atoms with van der Waals surface area (Å²) in [6.07, 6.45) is 0.192. The van der Waals surface area contributed by atoms with E-state index >= 15 is 0 Å². The zero-order valence-corrected chi connectivity index (χ0v) is 19.6. The van der Waals surface area contributed by atoms with Crippen LogP contribution in [-0.4, -0.2) is 18.4 Å². The molecule has 0 aromatic heterocycles. The first kappa shape index (κ1) is 21.9. The molecule has 0 radical (unpaired) electrons. The molecule has 0 bridgehead atoms. The highest BCUT2D eigenvalue weighted by atomic mass is 16.5. The van der Waals surface area contributed by atoms with Crippen molar-refractivity contribution in [3.63, 3.8) is 0 Å². The summed E-state index contributed by atoms with van der Waals surface area (Å²) in [5.41, 5.74) is 1.52. The average molecular weight is 473 g/mol. The van der Waals surface area contributed by atoms with E-state index in [2.05, 4.69) is 17.4 Å². The molecule has 1 heterocycles. The molecule has 1 aliphatic rings. The standard InChI is InChI=1S/C31H24N2O3/c34-30-19-23(20-33(30)28-13-5-9-21-7-1-3-11-26(21)28)31(35)32-24-15-17-25(18-16-24)36-29-14-6-10-22-8-2-4-12-27(22)29/h1-18,23H,19-20H2,(H,32,35)/t23-/m1/s1. The molecule has 2 amide bonds. The van der Waals surface area contributed by atoms with Gasteiger partial charge in [-0.15, -0.1) is 0 Å². The monoisotopic (exact) mass is 472 g/mol. The second kappa shape index (κ2) is 9.19. The first-order valence-corrected chi connectivity index (χ1v) is 12.0. The fourth-order valence-electron chi connectivity index (χ4n) is 4.82. The fourth-order valence-corrected chi connectivity index (χ4v) is 4.82. The highest BCUT2D eigenvalue weighted by Crippen LogP contribution is 2.33. The second-order valence-corrected chi connectivity index (χ2v) is 9.00. The smallest absolute Gasteiger partial charge is 0.229 e. The number of hydrogen-bond acceptors (Lipinski definition) is 3. The van der Waals surface area contributed by atoms with E-state index in [4.69, 9.17) is 4.74 Å². The number of nitrogens with zero attached hydrogens (tertiary/aromatic N) is 1. The van der Waals surface area contributed by atoms with Gasteiger partial charge in [-0.05, 0) is 47.2 Å². The lowest BCUT2D eigenvalue weighted by molar-refractivity contribution is -0.122. The van der Waals surface area contributed by atoms with Crippen molar-refractivity contribution in [2.24, 2.45) is 5.92 Å². The maximum atomic E-state index is 13.0. The van der Waals surface area contributed by atoms with Crippen molar-refractivity contribution in [2.75, 3.05) is 16.8 Å². The summed E-state index contributed by atoms with van der Waals surface area (Å²) in [7, 11) is 0. The molecule has 1 fully saturated rings. The van der Waals surface area contributed by atoms with Gasteiger partial charge >= 0.3 is 0 Å². The number of carbonyl (C=O) groups excluding carboxylic acids is 2. The third-order valence-electron chi connectivity index (χ3n) is 6.65. The van der Waals surface area contributed by atoms with E-state index in [0.717, 1.165) is 33.0 Å². The Morgan fingerprint density at radius 3 is 2.17 bits per heavy atom. The van der Waals surface area contributed by atoms with Crippen LogP contribution in [-0.2, 0) is 9.59 Å². The van der Waals surface area contributed by atoms with Crippen molar-refractivity contribution in [3.05, 3.63) is 109 Å². The number of benzene rings is 5. The number of amides is 2. The number of anilines is 2. The molecule has 36 heavy (non-hydrogen) atoms. The highest BCUT2D eigenvalue weighted by Gasteiger charge is 2.35. The summed E-state index contributed by atoms with van der Waals surface area (Å²) in [5.74, 6) is 0.854. The van der Waals surface area contributed by atoms with Gasteiger partial charge in [-0.1, -0.05) is 72.8 Å². The van der Waals surface area contributed by atoms with E-state index in [9.17, 15) is 9.59 Å². The summed E-state index contributed by atoms with van der Waals surface area (Å²) in [5, 5.41) is 7.20. The third kappa shape index (κ3) is 4.16. The quantitative estimate of drug-likeness (QED) is 0.307. The fraction of sp³-hybridized carbons (Fsp3) is 0.0968. The first-order chi connectivity index (χ1) is 17.7. The van der Waals surface area contributed by atoms with Gasteiger partial charge in [-0.3, -0.25) is 9.59 Å². The lowest BCUT2D eigenvalue weighted by atomic mass is 10.1. The summed E-state index contributed by atoms with van der Waals surface area (Å²) >= 11 is 0. The predicted molar refractivity (Wildman–Crippen MR) is 144 cm³/mol. The molecule has 5 heteroatoms. The van der Waals surface area contributed by atoms with E-state index in [-0.39, 0.29) is 18.2 Å². The Labute approximate surface area is 208 Å². The highest BCUT2D eigenvalue weighted by molar-refractivity contribution is 6.08. The van der Waals surface area contributed by atoms with Gasteiger partial charge in [0.05, 0.1) is 11.6 Å². The van der Waals surface area contributed by atoms with E-state index in [1.54, 1.807) is 4.90 Å². The van der Waals surface area contributed by atoms with Gasteiger partial charge in [0.1, 0.15) is 11.5 Å². The van der Waals surface area contributed by atoms with Gasteiger partial charge in [0.25, 0.3) is 0 Å². The van der Waals surface area contributed by atoms with Crippen LogP contribution in [0, 0.1) is 5.92 Å². The van der Waals surface area contributed by atoms with Gasteiger partial charge in [0, 0.05) is 29.4 Å². The maximum Gasteiger partial charge on any atom is 0.229 e. The molecule has 5 nitrogen and oxygen atoms in total. The molecule has 5 aromatic rings. The molecule has 0 spiro atoms. The Kier molecular flexibility index (Phi) is 5.58. The minimum Gasteiger partial charge on any atom is -0.457 e. The van der Waals surface area contributed by atoms with E-state index in [1.165, 1.54) is 0 Å². The van der Waals surface area contributed by atoms with Crippen LogP contribution in [0.3, 0.4) is 0 Å².